The third-order valence-electron chi connectivity index (χ3n) is 6.76. The molecular weight excluding hydrogens is 643 g/mol. The molecule has 240 valence electrons. The molecule has 4 atom stereocenters. The number of hydrogen-bond donors (Lipinski definition) is 8. The van der Waals surface area contributed by atoms with E-state index in [0.29, 0.717) is 0 Å². The zero-order valence-electron chi connectivity index (χ0n) is 20.5. The summed E-state index contributed by atoms with van der Waals surface area (Å²) >= 11 is 0. The Balaban J connectivity index is 2.48. The van der Waals surface area contributed by atoms with Crippen LogP contribution in [0.5, 0.6) is 0 Å². The van der Waals surface area contributed by atoms with E-state index in [0.717, 1.165) is 0 Å². The summed E-state index contributed by atoms with van der Waals surface area (Å²) in [5.74, 6) is -7.47. The average Bonchev–Trinajstić information content (AvgIpc) is 3.75. The average molecular weight is 651 g/mol. The van der Waals surface area contributed by atoms with Gasteiger partial charge in [-0.2, -0.15) is 21.7 Å². The van der Waals surface area contributed by atoms with Crippen molar-refractivity contribution < 1.29 is 39.4 Å². The van der Waals surface area contributed by atoms with E-state index in [1.54, 1.807) is 0 Å². The van der Waals surface area contributed by atoms with Crippen LogP contribution in [0.3, 0.4) is 0 Å². The molecule has 37 heteroatoms. The van der Waals surface area contributed by atoms with Gasteiger partial charge in [0.2, 0.25) is 0 Å². The highest BCUT2D eigenvalue weighted by Gasteiger charge is 3.10. The second-order valence-electron chi connectivity index (χ2n) is 8.57. The van der Waals surface area contributed by atoms with Gasteiger partial charge in [-0.15, -0.1) is 21.7 Å². The minimum atomic E-state index is -6.29. The molecule has 8 N–H and O–H groups in total. The van der Waals surface area contributed by atoms with Crippen molar-refractivity contribution >= 4 is 30.0 Å². The minimum Gasteiger partial charge on any atom is -0.390 e. The summed E-state index contributed by atoms with van der Waals surface area (Å²) in [5, 5.41) is 98.3. The van der Waals surface area contributed by atoms with Crippen LogP contribution in [0, 0.1) is 80.9 Å². The van der Waals surface area contributed by atoms with Gasteiger partial charge in [-0.3, -0.25) is 40.5 Å². The molecule has 0 saturated carbocycles. The van der Waals surface area contributed by atoms with Crippen molar-refractivity contribution in [3.05, 3.63) is 80.9 Å². The summed E-state index contributed by atoms with van der Waals surface area (Å²) in [6.07, 6.45) is -6.29. The Bertz CT molecular complexity index is 1400. The lowest BCUT2D eigenvalue weighted by atomic mass is 9.08. The molecule has 4 aliphatic heterocycles. The molecule has 45 heavy (non-hydrogen) atoms. The molecule has 4 unspecified atom stereocenters. The smallest absolute Gasteiger partial charge is 0.390 e. The Kier molecular flexibility index (Phi) is 6.53. The first-order chi connectivity index (χ1) is 20.8. The number of guanidine groups is 4. The van der Waals surface area contributed by atoms with Crippen LogP contribution >= 0.6 is 0 Å². The summed E-state index contributed by atoms with van der Waals surface area (Å²) in [5.41, 5.74) is -7.65. The molecular formula is C8H8BN20O16-. The predicted molar refractivity (Wildman–Crippen MR) is 127 cm³/mol. The van der Waals surface area contributed by atoms with E-state index in [1.807, 2.05) is 0 Å². The second kappa shape index (κ2) is 9.50. The Morgan fingerprint density at radius 3 is 0.689 bits per heavy atom. The third kappa shape index (κ3) is 3.55. The van der Waals surface area contributed by atoms with Gasteiger partial charge in [0.05, 0.1) is 0 Å². The van der Waals surface area contributed by atoms with Crippen molar-refractivity contribution in [3.8, 4) is 0 Å². The zero-order chi connectivity index (χ0) is 33.9. The maximum Gasteiger partial charge on any atom is 0.598 e. The monoisotopic (exact) mass is 651 g/mol. The maximum atomic E-state index is 13.0. The van der Waals surface area contributed by atoms with Gasteiger partial charge in [-0.05, 0) is 39.7 Å². The zero-order valence-corrected chi connectivity index (χ0v) is 20.5. The summed E-state index contributed by atoms with van der Waals surface area (Å²) < 4.78 is 0. The molecule has 4 rings (SSSR count). The highest BCUT2D eigenvalue weighted by Crippen LogP contribution is 2.52. The molecule has 0 bridgehead atoms. The van der Waals surface area contributed by atoms with Gasteiger partial charge in [-0.25, -0.2) is 0 Å². The van der Waals surface area contributed by atoms with Crippen molar-refractivity contribution in [2.75, 3.05) is 0 Å². The first-order valence-corrected chi connectivity index (χ1v) is 10.7. The normalized spacial score (nSPS) is 31.3. The molecule has 0 aromatic carbocycles. The Morgan fingerprint density at radius 1 is 0.400 bits per heavy atom. The topological polar surface area (TPSA) is 491 Å². The van der Waals surface area contributed by atoms with Crippen LogP contribution in [0.2, 0.25) is 0 Å². The molecule has 0 aromatic rings. The summed E-state index contributed by atoms with van der Waals surface area (Å²) in [7, 11) is 0. The van der Waals surface area contributed by atoms with E-state index in [-0.39, 0.29) is 0 Å². The maximum absolute atomic E-state index is 13.0. The van der Waals surface area contributed by atoms with Crippen molar-refractivity contribution in [2.24, 2.45) is 20.0 Å². The molecule has 0 aromatic heterocycles. The molecule has 0 aliphatic carbocycles. The van der Waals surface area contributed by atoms with Gasteiger partial charge in [-0.1, -0.05) is 0 Å². The number of hydrazine groups is 4. The van der Waals surface area contributed by atoms with Gasteiger partial charge in [0.15, 0.2) is 0 Å². The number of nitrogens with one attached hydrogen (secondary N) is 8. The lowest BCUT2D eigenvalue weighted by molar-refractivity contribution is -0.619. The van der Waals surface area contributed by atoms with Crippen molar-refractivity contribution in [3.63, 3.8) is 0 Å². The number of hydrogen-bond acceptors (Lipinski definition) is 28. The van der Waals surface area contributed by atoms with E-state index >= 15 is 0 Å². The number of rotatable bonds is 8. The van der Waals surface area contributed by atoms with Gasteiger partial charge in [0.25, 0.3) is 0 Å². The van der Waals surface area contributed by atoms with Crippen LogP contribution in [-0.4, -0.2) is 92.1 Å². The van der Waals surface area contributed by atoms with Crippen LogP contribution < -0.4 is 43.4 Å². The fourth-order valence-electron chi connectivity index (χ4n) is 5.29. The fourth-order valence-corrected chi connectivity index (χ4v) is 5.29. The van der Waals surface area contributed by atoms with Crippen LogP contribution in [-0.2, 0) is 0 Å². The number of nitrogens with zero attached hydrogens (tertiary/aromatic N) is 12. The van der Waals surface area contributed by atoms with Gasteiger partial charge in [0.1, 0.15) is 0 Å². The van der Waals surface area contributed by atoms with Crippen molar-refractivity contribution in [1.29, 1.82) is 0 Å². The first kappa shape index (κ1) is 30.9. The van der Waals surface area contributed by atoms with Crippen LogP contribution in [0.1, 0.15) is 0 Å². The van der Waals surface area contributed by atoms with Crippen LogP contribution in [0.15, 0.2) is 20.0 Å². The summed E-state index contributed by atoms with van der Waals surface area (Å²) in [6, 6.07) is 0. The molecule has 4 aliphatic rings. The van der Waals surface area contributed by atoms with Crippen molar-refractivity contribution in [1.82, 2.24) is 43.4 Å². The van der Waals surface area contributed by atoms with E-state index < -0.39 is 92.1 Å². The number of aliphatic imine (C=N–C) groups is 4. The minimum absolute atomic E-state index is 1.34. The first-order valence-electron chi connectivity index (χ1n) is 10.7. The predicted octanol–water partition coefficient (Wildman–Crippen LogP) is -7.72. The van der Waals surface area contributed by atoms with E-state index in [4.69, 9.17) is 0 Å². The van der Waals surface area contributed by atoms with E-state index in [9.17, 15) is 80.9 Å². The molecule has 0 saturated heterocycles. The van der Waals surface area contributed by atoms with E-state index in [2.05, 4.69) is 20.0 Å². The Hall–Kier alpha value is -7.02. The van der Waals surface area contributed by atoms with Gasteiger partial charge in [0, 0.05) is 19.7 Å². The van der Waals surface area contributed by atoms with Crippen LogP contribution in [0.25, 0.3) is 0 Å². The Labute approximate surface area is 237 Å². The standard InChI is InChI=1S/C8H8BN20O16/c30-22(31)1-10-5(18-14-1,26(38)39)9(6(27(40)41)11-2(15-19-6)23(32)33,7(28(42)43)12-3(16-20-7)24(34)35)8(29(44)45)13-4(17-21-8)25(36)37/h18-21H,(H,10,14)(H,11,15)(H,12,16)(H,13,17)/q-1. The van der Waals surface area contributed by atoms with Crippen molar-refractivity contribution in [2.45, 2.75) is 22.7 Å². The molecule has 36 nitrogen and oxygen atoms in total. The number of nitro groups is 8. The molecule has 0 spiro atoms. The fraction of sp³-hybridized carbons (Fsp3) is 0.500. The lowest BCUT2D eigenvalue weighted by Crippen LogP contribution is -3.02. The molecule has 0 amide bonds. The second-order valence-corrected chi connectivity index (χ2v) is 8.57. The summed E-state index contributed by atoms with van der Waals surface area (Å²) in [4.78, 5) is 95.8. The highest BCUT2D eigenvalue weighted by molar-refractivity contribution is 6.89. The largest absolute Gasteiger partial charge is 0.598 e. The van der Waals surface area contributed by atoms with E-state index in [1.165, 1.54) is 43.4 Å². The molecule has 4 heterocycles. The molecule has 0 radical (unpaired) electrons. The van der Waals surface area contributed by atoms with Gasteiger partial charge >= 0.3 is 52.7 Å². The quantitative estimate of drug-likeness (QED) is 0.0686. The lowest BCUT2D eigenvalue weighted by Gasteiger charge is -2.45. The Morgan fingerprint density at radius 2 is 0.578 bits per heavy atom. The summed E-state index contributed by atoms with van der Waals surface area (Å²) in [6.45, 7) is 0. The third-order valence-corrected chi connectivity index (χ3v) is 6.76. The molecule has 0 fully saturated rings. The van der Waals surface area contributed by atoms with Crippen LogP contribution in [0.4, 0.5) is 0 Å². The highest BCUT2D eigenvalue weighted by atomic mass is 16.7. The SMILES string of the molecule is O=[N+]([O-])C1=NC([N+](=O)[O-])([B-](C2([N+](=O)[O-])N=C([N+](=O)[O-])NN2)(C2([N+](=O)[O-])N=C([N+](=O)[O-])NN2)C2([N+](=O)[O-])N=C([N+](=O)[O-])NN2)NN1. The van der Waals surface area contributed by atoms with Gasteiger partial charge < -0.3 is 40.5 Å².